The van der Waals surface area contributed by atoms with E-state index in [1.54, 1.807) is 14.0 Å². The summed E-state index contributed by atoms with van der Waals surface area (Å²) in [6.07, 6.45) is 4.87. The lowest BCUT2D eigenvalue weighted by Crippen LogP contribution is -2.41. The fraction of sp³-hybridized carbons (Fsp3) is 0.571. The van der Waals surface area contributed by atoms with Crippen molar-refractivity contribution in [1.82, 2.24) is 4.90 Å². The van der Waals surface area contributed by atoms with Gasteiger partial charge in [-0.15, -0.1) is 11.3 Å². The van der Waals surface area contributed by atoms with Crippen molar-refractivity contribution in [1.29, 1.82) is 0 Å². The number of fused-ring (bicyclic) bond motifs is 1. The zero-order valence-corrected chi connectivity index (χ0v) is 12.1. The highest BCUT2D eigenvalue weighted by Crippen LogP contribution is 2.30. The van der Waals surface area contributed by atoms with Gasteiger partial charge < -0.3 is 10.0 Å². The molecule has 0 aliphatic heterocycles. The van der Waals surface area contributed by atoms with E-state index >= 15 is 0 Å². The number of nitrogens with zero attached hydrogens (tertiary/aromatic N) is 1. The number of amides is 1. The molecule has 104 valence electrons. The standard InChI is InChI=1S/C14H19NO3S/c1-3-10(14(17)18)15(2)13(16)12-8-9-6-4-5-7-11(9)19-12/h8,10H,3-7H2,1-2H3,(H,17,18). The van der Waals surface area contributed by atoms with Crippen LogP contribution < -0.4 is 0 Å². The molecule has 19 heavy (non-hydrogen) atoms. The monoisotopic (exact) mass is 281 g/mol. The molecule has 1 unspecified atom stereocenters. The van der Waals surface area contributed by atoms with Crippen molar-refractivity contribution < 1.29 is 14.7 Å². The van der Waals surface area contributed by atoms with E-state index in [1.165, 1.54) is 39.5 Å². The third-order valence-electron chi connectivity index (χ3n) is 3.67. The number of thiophene rings is 1. The maximum Gasteiger partial charge on any atom is 0.326 e. The number of carboxylic acids is 1. The summed E-state index contributed by atoms with van der Waals surface area (Å²) in [5, 5.41) is 9.11. The molecule has 0 spiro atoms. The van der Waals surface area contributed by atoms with Gasteiger partial charge in [-0.25, -0.2) is 4.79 Å². The average Bonchev–Trinajstić information content (AvgIpc) is 2.81. The van der Waals surface area contributed by atoms with Gasteiger partial charge in [0.15, 0.2) is 0 Å². The molecule has 1 atom stereocenters. The lowest BCUT2D eigenvalue weighted by atomic mass is 9.99. The van der Waals surface area contributed by atoms with Crippen LogP contribution in [0, 0.1) is 0 Å². The van der Waals surface area contributed by atoms with Crippen LogP contribution in [-0.2, 0) is 17.6 Å². The van der Waals surface area contributed by atoms with Gasteiger partial charge in [-0.05, 0) is 43.7 Å². The number of likely N-dealkylation sites (N-methyl/N-ethyl adjacent to an activating group) is 1. The Morgan fingerprint density at radius 3 is 2.68 bits per heavy atom. The predicted molar refractivity (Wildman–Crippen MR) is 74.8 cm³/mol. The fourth-order valence-corrected chi connectivity index (χ4v) is 3.76. The Morgan fingerprint density at radius 2 is 2.11 bits per heavy atom. The van der Waals surface area contributed by atoms with Gasteiger partial charge >= 0.3 is 5.97 Å². The van der Waals surface area contributed by atoms with Crippen molar-refractivity contribution in [3.63, 3.8) is 0 Å². The molecule has 4 nitrogen and oxygen atoms in total. The van der Waals surface area contributed by atoms with Gasteiger partial charge in [-0.1, -0.05) is 6.92 Å². The summed E-state index contributed by atoms with van der Waals surface area (Å²) >= 11 is 1.53. The van der Waals surface area contributed by atoms with Crippen molar-refractivity contribution >= 4 is 23.2 Å². The molecule has 2 rings (SSSR count). The first-order valence-electron chi connectivity index (χ1n) is 6.66. The quantitative estimate of drug-likeness (QED) is 0.922. The molecule has 0 fully saturated rings. The molecule has 1 aliphatic carbocycles. The Bertz CT molecular complexity index is 471. The van der Waals surface area contributed by atoms with E-state index in [-0.39, 0.29) is 5.91 Å². The first kappa shape index (κ1) is 14.1. The number of aliphatic carboxylic acids is 1. The van der Waals surface area contributed by atoms with Gasteiger partial charge in [-0.3, -0.25) is 4.79 Å². The molecule has 0 saturated carbocycles. The minimum atomic E-state index is -0.945. The van der Waals surface area contributed by atoms with Gasteiger partial charge in [0.25, 0.3) is 5.91 Å². The Labute approximate surface area is 117 Å². The Morgan fingerprint density at radius 1 is 1.42 bits per heavy atom. The maximum atomic E-state index is 12.3. The normalized spacial score (nSPS) is 15.7. The van der Waals surface area contributed by atoms with Crippen molar-refractivity contribution in [2.75, 3.05) is 7.05 Å². The summed E-state index contributed by atoms with van der Waals surface area (Å²) in [6.45, 7) is 1.78. The van der Waals surface area contributed by atoms with Crippen LogP contribution in [0.25, 0.3) is 0 Å². The molecule has 0 aromatic carbocycles. The highest BCUT2D eigenvalue weighted by atomic mass is 32.1. The van der Waals surface area contributed by atoms with Crippen LogP contribution in [0.4, 0.5) is 0 Å². The number of hydrogen-bond acceptors (Lipinski definition) is 3. The minimum absolute atomic E-state index is 0.173. The van der Waals surface area contributed by atoms with Gasteiger partial charge in [0.2, 0.25) is 0 Å². The molecule has 1 heterocycles. The zero-order valence-electron chi connectivity index (χ0n) is 11.3. The first-order valence-corrected chi connectivity index (χ1v) is 7.47. The third-order valence-corrected chi connectivity index (χ3v) is 4.89. The van der Waals surface area contributed by atoms with Crippen molar-refractivity contribution in [3.05, 3.63) is 21.4 Å². The Balaban J connectivity index is 2.19. The van der Waals surface area contributed by atoms with E-state index in [4.69, 9.17) is 5.11 Å². The lowest BCUT2D eigenvalue weighted by Gasteiger charge is -2.23. The Hall–Kier alpha value is -1.36. The molecule has 0 radical (unpaired) electrons. The first-order chi connectivity index (χ1) is 9.04. The summed E-state index contributed by atoms with van der Waals surface area (Å²) in [5.41, 5.74) is 1.27. The van der Waals surface area contributed by atoms with E-state index < -0.39 is 12.0 Å². The van der Waals surface area contributed by atoms with Crippen molar-refractivity contribution in [2.24, 2.45) is 0 Å². The molecule has 1 aliphatic rings. The smallest absolute Gasteiger partial charge is 0.326 e. The summed E-state index contributed by atoms with van der Waals surface area (Å²) in [4.78, 5) is 26.8. The fourth-order valence-electron chi connectivity index (χ4n) is 2.53. The van der Waals surface area contributed by atoms with E-state index in [2.05, 4.69) is 0 Å². The minimum Gasteiger partial charge on any atom is -0.480 e. The second-order valence-corrected chi connectivity index (χ2v) is 6.08. The van der Waals surface area contributed by atoms with Gasteiger partial charge in [0, 0.05) is 11.9 Å². The van der Waals surface area contributed by atoms with E-state index in [0.717, 1.165) is 12.8 Å². The third kappa shape index (κ3) is 2.81. The molecule has 5 heteroatoms. The van der Waals surface area contributed by atoms with Crippen molar-refractivity contribution in [2.45, 2.75) is 45.1 Å². The summed E-state index contributed by atoms with van der Waals surface area (Å²) in [6, 6.07) is 1.21. The topological polar surface area (TPSA) is 57.6 Å². The lowest BCUT2D eigenvalue weighted by molar-refractivity contribution is -0.142. The molecular weight excluding hydrogens is 262 g/mol. The molecule has 1 amide bonds. The second-order valence-electron chi connectivity index (χ2n) is 4.94. The molecule has 0 saturated heterocycles. The van der Waals surface area contributed by atoms with Gasteiger partial charge in [-0.2, -0.15) is 0 Å². The van der Waals surface area contributed by atoms with E-state index in [0.29, 0.717) is 11.3 Å². The number of hydrogen-bond donors (Lipinski definition) is 1. The number of carbonyl (C=O) groups is 2. The van der Waals surface area contributed by atoms with Crippen LogP contribution >= 0.6 is 11.3 Å². The highest BCUT2D eigenvalue weighted by Gasteiger charge is 2.27. The van der Waals surface area contributed by atoms with Gasteiger partial charge in [0.1, 0.15) is 6.04 Å². The Kier molecular flexibility index (Phi) is 4.24. The number of aryl methyl sites for hydroxylation is 2. The van der Waals surface area contributed by atoms with Crippen LogP contribution in [0.2, 0.25) is 0 Å². The number of carboxylic acid groups (broad SMARTS) is 1. The van der Waals surface area contributed by atoms with Gasteiger partial charge in [0.05, 0.1) is 4.88 Å². The summed E-state index contributed by atoms with van der Waals surface area (Å²) < 4.78 is 0. The predicted octanol–water partition coefficient (Wildman–Crippen LogP) is 2.56. The van der Waals surface area contributed by atoms with Crippen LogP contribution in [0.1, 0.15) is 46.3 Å². The van der Waals surface area contributed by atoms with Crippen LogP contribution in [0.15, 0.2) is 6.07 Å². The van der Waals surface area contributed by atoms with Crippen LogP contribution in [-0.4, -0.2) is 35.0 Å². The number of carbonyl (C=O) groups excluding carboxylic acids is 1. The van der Waals surface area contributed by atoms with Crippen molar-refractivity contribution in [3.8, 4) is 0 Å². The maximum absolute atomic E-state index is 12.3. The SMILES string of the molecule is CCC(C(=O)O)N(C)C(=O)c1cc2c(s1)CCCC2. The van der Waals surface area contributed by atoms with Crippen LogP contribution in [0.3, 0.4) is 0 Å². The second kappa shape index (κ2) is 5.74. The molecule has 1 aromatic heterocycles. The largest absolute Gasteiger partial charge is 0.480 e. The van der Waals surface area contributed by atoms with Crippen LogP contribution in [0.5, 0.6) is 0 Å². The molecular formula is C14H19NO3S. The summed E-state index contributed by atoms with van der Waals surface area (Å²) in [7, 11) is 1.57. The van der Waals surface area contributed by atoms with E-state index in [1.807, 2.05) is 6.07 Å². The number of rotatable bonds is 4. The zero-order chi connectivity index (χ0) is 14.0. The molecule has 0 bridgehead atoms. The average molecular weight is 281 g/mol. The summed E-state index contributed by atoms with van der Waals surface area (Å²) in [5.74, 6) is -1.12. The van der Waals surface area contributed by atoms with E-state index in [9.17, 15) is 9.59 Å². The highest BCUT2D eigenvalue weighted by molar-refractivity contribution is 7.14. The molecule has 1 N–H and O–H groups in total. The molecule has 1 aromatic rings.